The van der Waals surface area contributed by atoms with Crippen LogP contribution in [0.1, 0.15) is 56.9 Å². The van der Waals surface area contributed by atoms with Crippen molar-refractivity contribution in [1.29, 1.82) is 0 Å². The Morgan fingerprint density at radius 1 is 1.30 bits per heavy atom. The summed E-state index contributed by atoms with van der Waals surface area (Å²) in [6.45, 7) is 8.88. The van der Waals surface area contributed by atoms with Crippen molar-refractivity contribution < 1.29 is 9.32 Å². The molecule has 0 bridgehead atoms. The second-order valence-electron chi connectivity index (χ2n) is 5.69. The smallest absolute Gasteiger partial charge is 0.318 e. The van der Waals surface area contributed by atoms with Crippen molar-refractivity contribution in [2.75, 3.05) is 6.54 Å². The van der Waals surface area contributed by atoms with Gasteiger partial charge in [-0.05, 0) is 31.5 Å². The molecule has 1 unspecified atom stereocenters. The Kier molecular flexibility index (Phi) is 5.67. The highest BCUT2D eigenvalue weighted by molar-refractivity contribution is 5.74. The molecule has 0 saturated heterocycles. The lowest BCUT2D eigenvalue weighted by Crippen LogP contribution is -2.40. The number of carbonyl (C=O) groups excluding carboxylic acids is 1. The molecule has 2 rings (SSSR count). The van der Waals surface area contributed by atoms with E-state index < -0.39 is 0 Å². The summed E-state index contributed by atoms with van der Waals surface area (Å²) in [6.07, 6.45) is 3.44. The summed E-state index contributed by atoms with van der Waals surface area (Å²) in [5.74, 6) is 1.25. The van der Waals surface area contributed by atoms with Gasteiger partial charge in [0, 0.05) is 31.4 Å². The molecule has 2 aromatic heterocycles. The van der Waals surface area contributed by atoms with Crippen LogP contribution in [0.2, 0.25) is 0 Å². The molecule has 23 heavy (non-hydrogen) atoms. The van der Waals surface area contributed by atoms with Gasteiger partial charge in [-0.1, -0.05) is 19.0 Å². The third-order valence-corrected chi connectivity index (χ3v) is 3.48. The highest BCUT2D eigenvalue weighted by Crippen LogP contribution is 2.15. The molecule has 0 radical (unpaired) electrons. The van der Waals surface area contributed by atoms with Crippen molar-refractivity contribution in [1.82, 2.24) is 25.3 Å². The summed E-state index contributed by atoms with van der Waals surface area (Å²) in [5, 5.41) is 6.81. The standard InChI is InChI=1S/C16H23N5O2/c1-5-21(10-13-6-8-17-9-7-13)16(22)18-12(4)15-19-14(11(2)3)20-23-15/h6-9,11-12H,5,10H2,1-4H3,(H,18,22). The summed E-state index contributed by atoms with van der Waals surface area (Å²) in [5.41, 5.74) is 1.03. The molecule has 2 heterocycles. The highest BCUT2D eigenvalue weighted by atomic mass is 16.5. The minimum atomic E-state index is -0.339. The molecule has 2 amide bonds. The molecule has 0 aliphatic rings. The van der Waals surface area contributed by atoms with Gasteiger partial charge in [-0.15, -0.1) is 0 Å². The fourth-order valence-corrected chi connectivity index (χ4v) is 2.03. The number of pyridine rings is 1. The molecule has 0 saturated carbocycles. The average Bonchev–Trinajstić information content (AvgIpc) is 3.03. The molecular weight excluding hydrogens is 294 g/mol. The maximum atomic E-state index is 12.4. The van der Waals surface area contributed by atoms with Gasteiger partial charge in [-0.25, -0.2) is 4.79 Å². The molecule has 0 aromatic carbocycles. The Morgan fingerprint density at radius 2 is 2.00 bits per heavy atom. The average molecular weight is 317 g/mol. The van der Waals surface area contributed by atoms with E-state index in [0.29, 0.717) is 24.8 Å². The number of aromatic nitrogens is 3. The number of carbonyl (C=O) groups is 1. The Hall–Kier alpha value is -2.44. The zero-order valence-electron chi connectivity index (χ0n) is 14.0. The van der Waals surface area contributed by atoms with E-state index in [1.165, 1.54) is 0 Å². The van der Waals surface area contributed by atoms with Gasteiger partial charge in [-0.3, -0.25) is 4.98 Å². The van der Waals surface area contributed by atoms with Crippen molar-refractivity contribution in [3.8, 4) is 0 Å². The van der Waals surface area contributed by atoms with Crippen LogP contribution in [0.25, 0.3) is 0 Å². The van der Waals surface area contributed by atoms with Gasteiger partial charge in [-0.2, -0.15) is 4.98 Å². The molecule has 1 atom stereocenters. The van der Waals surface area contributed by atoms with Crippen LogP contribution in [0.4, 0.5) is 4.79 Å². The summed E-state index contributed by atoms with van der Waals surface area (Å²) < 4.78 is 5.22. The molecule has 0 aliphatic heterocycles. The third-order valence-electron chi connectivity index (χ3n) is 3.48. The third kappa shape index (κ3) is 4.51. The quantitative estimate of drug-likeness (QED) is 0.885. The maximum Gasteiger partial charge on any atom is 0.318 e. The van der Waals surface area contributed by atoms with Crippen molar-refractivity contribution in [3.63, 3.8) is 0 Å². The van der Waals surface area contributed by atoms with Crippen LogP contribution in [0.3, 0.4) is 0 Å². The van der Waals surface area contributed by atoms with Gasteiger partial charge in [0.1, 0.15) is 6.04 Å². The molecule has 0 fully saturated rings. The van der Waals surface area contributed by atoms with Gasteiger partial charge in [0.15, 0.2) is 5.82 Å². The number of rotatable bonds is 6. The molecule has 1 N–H and O–H groups in total. The molecule has 0 aliphatic carbocycles. The summed E-state index contributed by atoms with van der Waals surface area (Å²) in [6, 6.07) is 3.29. The SMILES string of the molecule is CCN(Cc1ccncc1)C(=O)NC(C)c1nc(C(C)C)no1. The van der Waals surface area contributed by atoms with Crippen LogP contribution >= 0.6 is 0 Å². The lowest BCUT2D eigenvalue weighted by molar-refractivity contribution is 0.191. The Labute approximate surface area is 136 Å². The van der Waals surface area contributed by atoms with E-state index in [4.69, 9.17) is 4.52 Å². The van der Waals surface area contributed by atoms with Crippen LogP contribution in [0.5, 0.6) is 0 Å². The first kappa shape index (κ1) is 16.9. The van der Waals surface area contributed by atoms with Gasteiger partial charge < -0.3 is 14.7 Å². The molecule has 124 valence electrons. The fourth-order valence-electron chi connectivity index (χ4n) is 2.03. The number of nitrogens with one attached hydrogen (secondary N) is 1. The molecular formula is C16H23N5O2. The number of hydrogen-bond donors (Lipinski definition) is 1. The minimum absolute atomic E-state index is 0.166. The summed E-state index contributed by atoms with van der Waals surface area (Å²) >= 11 is 0. The number of nitrogens with zero attached hydrogens (tertiary/aromatic N) is 4. The van der Waals surface area contributed by atoms with Crippen molar-refractivity contribution in [2.45, 2.75) is 46.2 Å². The number of amides is 2. The monoisotopic (exact) mass is 317 g/mol. The zero-order chi connectivity index (χ0) is 16.8. The van der Waals surface area contributed by atoms with Crippen LogP contribution in [-0.4, -0.2) is 32.6 Å². The Balaban J connectivity index is 1.97. The lowest BCUT2D eigenvalue weighted by Gasteiger charge is -2.23. The zero-order valence-corrected chi connectivity index (χ0v) is 14.0. The predicted octanol–water partition coefficient (Wildman–Crippen LogP) is 2.88. The first-order chi connectivity index (χ1) is 11.0. The van der Waals surface area contributed by atoms with Gasteiger partial charge in [0.05, 0.1) is 0 Å². The maximum absolute atomic E-state index is 12.4. The van der Waals surface area contributed by atoms with E-state index in [1.807, 2.05) is 39.8 Å². The van der Waals surface area contributed by atoms with E-state index >= 15 is 0 Å². The predicted molar refractivity (Wildman–Crippen MR) is 85.7 cm³/mol. The summed E-state index contributed by atoms with van der Waals surface area (Å²) in [4.78, 5) is 22.4. The number of urea groups is 1. The lowest BCUT2D eigenvalue weighted by atomic mass is 10.2. The molecule has 2 aromatic rings. The van der Waals surface area contributed by atoms with E-state index in [0.717, 1.165) is 5.56 Å². The highest BCUT2D eigenvalue weighted by Gasteiger charge is 2.20. The van der Waals surface area contributed by atoms with Crippen molar-refractivity contribution in [3.05, 3.63) is 41.8 Å². The van der Waals surface area contributed by atoms with E-state index in [-0.39, 0.29) is 18.0 Å². The second-order valence-corrected chi connectivity index (χ2v) is 5.69. The normalized spacial score (nSPS) is 12.2. The van der Waals surface area contributed by atoms with Crippen LogP contribution in [-0.2, 0) is 6.54 Å². The van der Waals surface area contributed by atoms with Crippen molar-refractivity contribution in [2.24, 2.45) is 0 Å². The Morgan fingerprint density at radius 3 is 2.57 bits per heavy atom. The van der Waals surface area contributed by atoms with Crippen LogP contribution in [0.15, 0.2) is 29.0 Å². The fraction of sp³-hybridized carbons (Fsp3) is 0.500. The Bertz CT molecular complexity index is 626. The van der Waals surface area contributed by atoms with Gasteiger partial charge in [0.25, 0.3) is 0 Å². The second kappa shape index (κ2) is 7.71. The number of hydrogen-bond acceptors (Lipinski definition) is 5. The van der Waals surface area contributed by atoms with E-state index in [9.17, 15) is 4.79 Å². The van der Waals surface area contributed by atoms with Gasteiger partial charge in [0.2, 0.25) is 5.89 Å². The molecule has 7 nitrogen and oxygen atoms in total. The largest absolute Gasteiger partial charge is 0.337 e. The first-order valence-electron chi connectivity index (χ1n) is 7.79. The molecule has 7 heteroatoms. The van der Waals surface area contributed by atoms with Crippen LogP contribution < -0.4 is 5.32 Å². The topological polar surface area (TPSA) is 84.2 Å². The van der Waals surface area contributed by atoms with E-state index in [2.05, 4.69) is 20.4 Å². The summed E-state index contributed by atoms with van der Waals surface area (Å²) in [7, 11) is 0. The van der Waals surface area contributed by atoms with Crippen LogP contribution in [0, 0.1) is 0 Å². The van der Waals surface area contributed by atoms with E-state index in [1.54, 1.807) is 17.3 Å². The van der Waals surface area contributed by atoms with Crippen molar-refractivity contribution >= 4 is 6.03 Å². The minimum Gasteiger partial charge on any atom is -0.337 e. The first-order valence-corrected chi connectivity index (χ1v) is 7.79. The molecule has 0 spiro atoms. The van der Waals surface area contributed by atoms with Gasteiger partial charge >= 0.3 is 6.03 Å².